The molecule has 2 aliphatic heterocycles. The van der Waals surface area contributed by atoms with E-state index in [2.05, 4.69) is 10.6 Å². The first kappa shape index (κ1) is 50.4. The fourth-order valence-corrected chi connectivity index (χ4v) is 8.40. The van der Waals surface area contributed by atoms with Gasteiger partial charge in [0.2, 0.25) is 5.91 Å². The molecule has 342 valence electrons. The number of fused-ring (bicyclic) bond motifs is 1. The Morgan fingerprint density at radius 2 is 1.40 bits per heavy atom. The third-order valence-corrected chi connectivity index (χ3v) is 11.6. The molecule has 2 N–H and O–H groups in total. The second-order valence-corrected chi connectivity index (χ2v) is 15.9. The van der Waals surface area contributed by atoms with Gasteiger partial charge in [0.1, 0.15) is 12.8 Å². The van der Waals surface area contributed by atoms with Crippen LogP contribution in [0.15, 0.2) is 22.8 Å². The van der Waals surface area contributed by atoms with Crippen molar-refractivity contribution >= 4 is 106 Å². The van der Waals surface area contributed by atoms with Gasteiger partial charge in [0, 0.05) is 51.3 Å². The van der Waals surface area contributed by atoms with E-state index in [-0.39, 0.29) is 45.5 Å². The van der Waals surface area contributed by atoms with Crippen molar-refractivity contribution in [2.24, 2.45) is 5.92 Å². The molecule has 1 saturated heterocycles. The minimum atomic E-state index is -2.41. The summed E-state index contributed by atoms with van der Waals surface area (Å²) in [7, 11) is 0.990. The van der Waals surface area contributed by atoms with Crippen LogP contribution in [0.5, 0.6) is 0 Å². The third-order valence-electron chi connectivity index (χ3n) is 9.80. The van der Waals surface area contributed by atoms with Gasteiger partial charge in [-0.1, -0.05) is 64.5 Å². The second-order valence-electron chi connectivity index (χ2n) is 14.4. The molecule has 3 aliphatic rings. The summed E-state index contributed by atoms with van der Waals surface area (Å²) in [4.78, 5) is 136. The topological polar surface area (TPSA) is 263 Å². The van der Waals surface area contributed by atoms with Crippen LogP contribution in [-0.4, -0.2) is 108 Å². The van der Waals surface area contributed by atoms with Crippen LogP contribution < -0.4 is 10.6 Å². The zero-order valence-corrected chi connectivity index (χ0v) is 37.8. The molecule has 0 bridgehead atoms. The Kier molecular flexibility index (Phi) is 16.0. The molecule has 0 aromatic heterocycles. The van der Waals surface area contributed by atoms with Crippen molar-refractivity contribution in [3.63, 3.8) is 0 Å². The van der Waals surface area contributed by atoms with Crippen molar-refractivity contribution in [3.8, 4) is 0 Å². The van der Waals surface area contributed by atoms with E-state index >= 15 is 0 Å². The molecular weight excluding hydrogens is 924 g/mol. The van der Waals surface area contributed by atoms with Crippen molar-refractivity contribution < 1.29 is 81.2 Å². The Balaban J connectivity index is 1.83. The van der Waals surface area contributed by atoms with Crippen molar-refractivity contribution in [3.05, 3.63) is 54.0 Å². The van der Waals surface area contributed by atoms with Gasteiger partial charge in [0.25, 0.3) is 23.5 Å². The number of hydrogen-bond acceptors (Lipinski definition) is 17. The number of ether oxygens (including phenoxy) is 6. The molecule has 20 nitrogen and oxygen atoms in total. The molecule has 0 radical (unpaired) electrons. The van der Waals surface area contributed by atoms with Gasteiger partial charge < -0.3 is 43.9 Å². The first-order valence-electron chi connectivity index (χ1n) is 18.8. The summed E-state index contributed by atoms with van der Waals surface area (Å²) in [5.41, 5.74) is -4.37. The first-order chi connectivity index (χ1) is 29.3. The van der Waals surface area contributed by atoms with Gasteiger partial charge in [-0.2, -0.15) is 0 Å². The number of methoxy groups -OCH3 is 1. The average molecular weight is 966 g/mol. The fourth-order valence-electron chi connectivity index (χ4n) is 7.39. The van der Waals surface area contributed by atoms with E-state index in [0.29, 0.717) is 0 Å². The van der Waals surface area contributed by atoms with Gasteiger partial charge in [0.05, 0.1) is 56.8 Å². The number of carbonyl (C=O) groups excluding carboxylic acids is 10. The smallest absolute Gasteiger partial charge is 0.342 e. The number of rotatable bonds is 14. The SMILES string of the molecule is COC(=O)C1(C2=C(C)C(OC(C)=O)(OC(C)=O)C(C)C=C2C(=O)NC(NC(C)=O)[C@@H](COC(C)=O)OC(C)=O)CCCC(CC(=O)ON2C(=O)c3c(Cl)c(Cl)c(Cl)c(Cl)c3C2=O)O1. The van der Waals surface area contributed by atoms with Crippen molar-refractivity contribution in [2.45, 2.75) is 104 Å². The predicted octanol–water partition coefficient (Wildman–Crippen LogP) is 4.01. The van der Waals surface area contributed by atoms with E-state index in [1.165, 1.54) is 19.9 Å². The van der Waals surface area contributed by atoms with Crippen molar-refractivity contribution in [1.29, 1.82) is 0 Å². The van der Waals surface area contributed by atoms with E-state index < -0.39 is 135 Å². The number of hydrogen-bond donors (Lipinski definition) is 2. The zero-order valence-electron chi connectivity index (χ0n) is 34.8. The van der Waals surface area contributed by atoms with Gasteiger partial charge >= 0.3 is 35.8 Å². The summed E-state index contributed by atoms with van der Waals surface area (Å²) in [5.74, 6) is -13.8. The van der Waals surface area contributed by atoms with E-state index in [0.717, 1.165) is 41.7 Å². The van der Waals surface area contributed by atoms with E-state index in [9.17, 15) is 47.9 Å². The Labute approximate surface area is 379 Å². The van der Waals surface area contributed by atoms with E-state index in [1.54, 1.807) is 0 Å². The molecule has 5 atom stereocenters. The molecule has 2 heterocycles. The molecule has 1 fully saturated rings. The number of hydroxylamine groups is 2. The molecule has 4 unspecified atom stereocenters. The first-order valence-corrected chi connectivity index (χ1v) is 20.3. The average Bonchev–Trinajstić information content (AvgIpc) is 3.43. The van der Waals surface area contributed by atoms with Crippen LogP contribution in [0, 0.1) is 5.92 Å². The van der Waals surface area contributed by atoms with Crippen LogP contribution in [0.4, 0.5) is 0 Å². The maximum atomic E-state index is 14.7. The highest BCUT2D eigenvalue weighted by Crippen LogP contribution is 2.50. The number of esters is 5. The van der Waals surface area contributed by atoms with Crippen molar-refractivity contribution in [1.82, 2.24) is 15.7 Å². The van der Waals surface area contributed by atoms with Crippen LogP contribution in [0.25, 0.3) is 0 Å². The lowest BCUT2D eigenvalue weighted by atomic mass is 9.71. The highest BCUT2D eigenvalue weighted by Gasteiger charge is 2.58. The highest BCUT2D eigenvalue weighted by atomic mass is 35.5. The molecule has 1 aromatic carbocycles. The lowest BCUT2D eigenvalue weighted by Crippen LogP contribution is -2.59. The fraction of sp³-hybridized carbons (Fsp3) is 0.487. The molecule has 4 amide bonds. The number of benzene rings is 1. The van der Waals surface area contributed by atoms with E-state index in [1.807, 2.05) is 0 Å². The number of nitrogens with zero attached hydrogens (tertiary/aromatic N) is 1. The number of carbonyl (C=O) groups is 10. The Morgan fingerprint density at radius 1 is 0.841 bits per heavy atom. The summed E-state index contributed by atoms with van der Waals surface area (Å²) < 4.78 is 33.3. The van der Waals surface area contributed by atoms with Gasteiger partial charge in [-0.15, -0.1) is 0 Å². The Bertz CT molecular complexity index is 2180. The normalized spacial score (nSPS) is 21.2. The Morgan fingerprint density at radius 3 is 1.87 bits per heavy atom. The van der Waals surface area contributed by atoms with Crippen LogP contribution >= 0.6 is 46.4 Å². The van der Waals surface area contributed by atoms with Crippen LogP contribution in [-0.2, 0) is 71.6 Å². The van der Waals surface area contributed by atoms with E-state index in [4.69, 9.17) is 79.7 Å². The second kappa shape index (κ2) is 20.0. The van der Waals surface area contributed by atoms with Crippen LogP contribution in [0.3, 0.4) is 0 Å². The molecule has 1 aliphatic carbocycles. The number of amides is 4. The lowest BCUT2D eigenvalue weighted by molar-refractivity contribution is -0.225. The summed E-state index contributed by atoms with van der Waals surface area (Å²) in [6.07, 6.45) is -4.23. The monoisotopic (exact) mass is 963 g/mol. The lowest BCUT2D eigenvalue weighted by Gasteiger charge is -2.47. The molecule has 0 spiro atoms. The number of halogens is 4. The maximum absolute atomic E-state index is 14.7. The molecule has 0 saturated carbocycles. The molecule has 4 rings (SSSR count). The summed E-state index contributed by atoms with van der Waals surface area (Å²) in [6.45, 7) is 7.26. The molecule has 1 aromatic rings. The molecule has 24 heteroatoms. The minimum absolute atomic E-state index is 0.0245. The maximum Gasteiger partial charge on any atom is 0.342 e. The zero-order chi connectivity index (χ0) is 47.5. The van der Waals surface area contributed by atoms with Gasteiger partial charge in [0.15, 0.2) is 11.7 Å². The number of imide groups is 1. The standard InChI is InChI=1S/C39H41Cl4N3O17/c1-15-12-23(34(53)45-33(44-17(3)47)24(59-19(5)49)14-58-18(4)48)28(16(2)39(15,60-20(6)50)61-21(7)51)38(37(56)57-8)11-9-10-22(62-38)13-25(52)63-46-35(54)26-27(36(46)55)30(41)32(43)31(42)29(26)40/h12,15,22,24,33H,9-11,13-14H2,1-8H3,(H,44,47)(H,45,53)/t15?,22?,24-,33?,38?/m1/s1. The molecule has 63 heavy (non-hydrogen) atoms. The quantitative estimate of drug-likeness (QED) is 0.0666. The summed E-state index contributed by atoms with van der Waals surface area (Å²) >= 11 is 24.6. The minimum Gasteiger partial charge on any atom is -0.467 e. The number of nitrogens with one attached hydrogen (secondary N) is 2. The molecular formula is C39H41Cl4N3O17. The van der Waals surface area contributed by atoms with Gasteiger partial charge in [-0.05, 0) is 26.2 Å². The van der Waals surface area contributed by atoms with Crippen molar-refractivity contribution in [2.75, 3.05) is 13.7 Å². The van der Waals surface area contributed by atoms with Crippen LogP contribution in [0.2, 0.25) is 20.1 Å². The highest BCUT2D eigenvalue weighted by molar-refractivity contribution is 6.55. The third kappa shape index (κ3) is 10.4. The summed E-state index contributed by atoms with van der Waals surface area (Å²) in [6, 6.07) is 0. The largest absolute Gasteiger partial charge is 0.467 e. The Hall–Kier alpha value is -5.28. The van der Waals surface area contributed by atoms with Gasteiger partial charge in [-0.25, -0.2) is 9.59 Å². The predicted molar refractivity (Wildman–Crippen MR) is 215 cm³/mol. The summed E-state index contributed by atoms with van der Waals surface area (Å²) in [5, 5.41) is 3.49. The van der Waals surface area contributed by atoms with Gasteiger partial charge in [-0.3, -0.25) is 38.4 Å². The van der Waals surface area contributed by atoms with Crippen LogP contribution in [0.1, 0.15) is 94.9 Å².